The maximum atomic E-state index is 10.6. The van der Waals surface area contributed by atoms with E-state index in [1.54, 1.807) is 12.1 Å². The molecule has 0 aliphatic rings. The molecule has 1 N–H and O–H groups in total. The lowest BCUT2D eigenvalue weighted by Gasteiger charge is -1.97. The number of carbonyl (C=O) groups is 1. The van der Waals surface area contributed by atoms with Gasteiger partial charge in [0.25, 0.3) is 0 Å². The van der Waals surface area contributed by atoms with Gasteiger partial charge in [0.1, 0.15) is 6.26 Å². The van der Waals surface area contributed by atoms with Gasteiger partial charge in [-0.25, -0.2) is 4.79 Å². The fourth-order valence-electron chi connectivity index (χ4n) is 1.13. The summed E-state index contributed by atoms with van der Waals surface area (Å²) in [7, 11) is 0. The molecule has 0 atom stereocenters. The Labute approximate surface area is 101 Å². The molecule has 0 unspecified atom stereocenters. The molecule has 2 rings (SSSR count). The van der Waals surface area contributed by atoms with Crippen molar-refractivity contribution in [2.45, 2.75) is 9.99 Å². The van der Waals surface area contributed by atoms with Gasteiger partial charge in [-0.05, 0) is 18.2 Å². The van der Waals surface area contributed by atoms with Crippen LogP contribution in [0.5, 0.6) is 0 Å². The van der Waals surface area contributed by atoms with Crippen LogP contribution in [-0.4, -0.2) is 11.1 Å². The summed E-state index contributed by atoms with van der Waals surface area (Å²) in [5.41, 5.74) is 0.143. The van der Waals surface area contributed by atoms with Crippen molar-refractivity contribution in [2.75, 3.05) is 0 Å². The van der Waals surface area contributed by atoms with Gasteiger partial charge < -0.3 is 9.52 Å². The van der Waals surface area contributed by atoms with Gasteiger partial charge >= 0.3 is 5.97 Å². The van der Waals surface area contributed by atoms with Gasteiger partial charge in [-0.1, -0.05) is 29.4 Å². The van der Waals surface area contributed by atoms with E-state index < -0.39 is 5.97 Å². The van der Waals surface area contributed by atoms with E-state index in [1.807, 2.05) is 12.1 Å². The van der Waals surface area contributed by atoms with Crippen molar-refractivity contribution in [1.82, 2.24) is 0 Å². The Morgan fingerprint density at radius 1 is 1.38 bits per heavy atom. The molecule has 0 radical (unpaired) electrons. The summed E-state index contributed by atoms with van der Waals surface area (Å²) < 4.78 is 5.11. The average molecular weight is 255 g/mol. The van der Waals surface area contributed by atoms with Crippen molar-refractivity contribution >= 4 is 29.3 Å². The number of halogens is 1. The second-order valence-electron chi connectivity index (χ2n) is 3.02. The van der Waals surface area contributed by atoms with Gasteiger partial charge in [-0.3, -0.25) is 0 Å². The van der Waals surface area contributed by atoms with Crippen molar-refractivity contribution in [3.63, 3.8) is 0 Å². The largest absolute Gasteiger partial charge is 0.478 e. The molecule has 3 nitrogen and oxygen atoms in total. The third-order valence-electron chi connectivity index (χ3n) is 1.84. The lowest BCUT2D eigenvalue weighted by Crippen LogP contribution is -1.91. The first-order valence-corrected chi connectivity index (χ1v) is 5.60. The third kappa shape index (κ3) is 2.59. The van der Waals surface area contributed by atoms with E-state index in [2.05, 4.69) is 0 Å². The van der Waals surface area contributed by atoms with Crippen LogP contribution in [0.4, 0.5) is 0 Å². The number of rotatable bonds is 3. The minimum Gasteiger partial charge on any atom is -0.478 e. The molecule has 0 fully saturated rings. The van der Waals surface area contributed by atoms with Gasteiger partial charge in [0.2, 0.25) is 0 Å². The zero-order valence-corrected chi connectivity index (χ0v) is 9.59. The monoisotopic (exact) mass is 254 g/mol. The number of carboxylic acids is 1. The summed E-state index contributed by atoms with van der Waals surface area (Å²) >= 11 is 7.15. The molecule has 0 spiro atoms. The number of benzene rings is 1. The van der Waals surface area contributed by atoms with Gasteiger partial charge in [0.15, 0.2) is 5.09 Å². The predicted octanol–water partition coefficient (Wildman–Crippen LogP) is 3.78. The van der Waals surface area contributed by atoms with Crippen LogP contribution in [-0.2, 0) is 0 Å². The lowest BCUT2D eigenvalue weighted by molar-refractivity contribution is 0.0696. The molecular weight excluding hydrogens is 248 g/mol. The molecule has 2 aromatic rings. The molecule has 0 saturated carbocycles. The van der Waals surface area contributed by atoms with Crippen molar-refractivity contribution in [3.8, 4) is 0 Å². The van der Waals surface area contributed by atoms with Crippen LogP contribution in [0.2, 0.25) is 5.02 Å². The fourth-order valence-corrected chi connectivity index (χ4v) is 2.23. The molecule has 1 aromatic heterocycles. The first-order chi connectivity index (χ1) is 7.65. The van der Waals surface area contributed by atoms with E-state index >= 15 is 0 Å². The summed E-state index contributed by atoms with van der Waals surface area (Å²) in [4.78, 5) is 11.5. The van der Waals surface area contributed by atoms with Crippen molar-refractivity contribution in [2.24, 2.45) is 0 Å². The molecule has 0 bridgehead atoms. The standard InChI is InChI=1S/C11H7ClO3S/c12-8-2-1-3-9(5-8)16-10-4-7(6-15-10)11(13)14/h1-6H,(H,13,14). The Morgan fingerprint density at radius 2 is 2.19 bits per heavy atom. The van der Waals surface area contributed by atoms with E-state index in [0.29, 0.717) is 10.1 Å². The SMILES string of the molecule is O=C(O)c1coc(Sc2cccc(Cl)c2)c1. The number of furan rings is 1. The Balaban J connectivity index is 2.17. The summed E-state index contributed by atoms with van der Waals surface area (Å²) in [6.07, 6.45) is 1.22. The van der Waals surface area contributed by atoms with Crippen LogP contribution < -0.4 is 0 Å². The van der Waals surface area contributed by atoms with E-state index in [1.165, 1.54) is 24.1 Å². The number of hydrogen-bond donors (Lipinski definition) is 1. The smallest absolute Gasteiger partial charge is 0.339 e. The van der Waals surface area contributed by atoms with Crippen molar-refractivity contribution in [3.05, 3.63) is 47.2 Å². The van der Waals surface area contributed by atoms with E-state index in [0.717, 1.165) is 4.90 Å². The minimum atomic E-state index is -0.998. The van der Waals surface area contributed by atoms with E-state index in [9.17, 15) is 4.79 Å². The van der Waals surface area contributed by atoms with Crippen LogP contribution in [0.3, 0.4) is 0 Å². The van der Waals surface area contributed by atoms with Crippen LogP contribution in [0.1, 0.15) is 10.4 Å². The minimum absolute atomic E-state index is 0.143. The summed E-state index contributed by atoms with van der Waals surface area (Å²) in [6, 6.07) is 8.74. The highest BCUT2D eigenvalue weighted by atomic mass is 35.5. The first-order valence-electron chi connectivity index (χ1n) is 4.40. The Bertz CT molecular complexity index is 521. The van der Waals surface area contributed by atoms with Gasteiger partial charge in [-0.2, -0.15) is 0 Å². The molecule has 0 amide bonds. The lowest BCUT2D eigenvalue weighted by atomic mass is 10.4. The number of aromatic carboxylic acids is 1. The molecule has 1 heterocycles. The maximum Gasteiger partial charge on any atom is 0.339 e. The predicted molar refractivity (Wildman–Crippen MR) is 61.2 cm³/mol. The van der Waals surface area contributed by atoms with Crippen molar-refractivity contribution in [1.29, 1.82) is 0 Å². The quantitative estimate of drug-likeness (QED) is 0.906. The summed E-state index contributed by atoms with van der Waals surface area (Å²) in [6.45, 7) is 0. The second-order valence-corrected chi connectivity index (χ2v) is 4.53. The molecule has 0 aliphatic carbocycles. The van der Waals surface area contributed by atoms with Crippen LogP contribution in [0, 0.1) is 0 Å². The number of carboxylic acid groups (broad SMARTS) is 1. The highest BCUT2D eigenvalue weighted by Gasteiger charge is 2.09. The van der Waals surface area contributed by atoms with E-state index in [-0.39, 0.29) is 5.56 Å². The fraction of sp³-hybridized carbons (Fsp3) is 0. The van der Waals surface area contributed by atoms with Crippen LogP contribution in [0.15, 0.2) is 51.0 Å². The number of hydrogen-bond acceptors (Lipinski definition) is 3. The molecule has 82 valence electrons. The third-order valence-corrected chi connectivity index (χ3v) is 2.98. The normalized spacial score (nSPS) is 10.3. The van der Waals surface area contributed by atoms with Crippen LogP contribution >= 0.6 is 23.4 Å². The topological polar surface area (TPSA) is 50.4 Å². The average Bonchev–Trinajstić information content (AvgIpc) is 2.66. The Morgan fingerprint density at radius 3 is 2.81 bits per heavy atom. The highest BCUT2D eigenvalue weighted by Crippen LogP contribution is 2.30. The summed E-state index contributed by atoms with van der Waals surface area (Å²) in [5, 5.41) is 9.88. The molecule has 0 aliphatic heterocycles. The molecule has 0 saturated heterocycles. The Kier molecular flexibility index (Phi) is 3.22. The van der Waals surface area contributed by atoms with Gasteiger partial charge in [-0.15, -0.1) is 0 Å². The maximum absolute atomic E-state index is 10.6. The molecule has 5 heteroatoms. The zero-order chi connectivity index (χ0) is 11.5. The summed E-state index contributed by atoms with van der Waals surface area (Å²) in [5.74, 6) is -0.998. The van der Waals surface area contributed by atoms with Gasteiger partial charge in [0, 0.05) is 16.0 Å². The van der Waals surface area contributed by atoms with Crippen LogP contribution in [0.25, 0.3) is 0 Å². The zero-order valence-electron chi connectivity index (χ0n) is 8.01. The molecular formula is C11H7ClO3S. The Hall–Kier alpha value is -1.39. The van der Waals surface area contributed by atoms with E-state index in [4.69, 9.17) is 21.1 Å². The first kappa shape index (κ1) is 11.1. The molecule has 16 heavy (non-hydrogen) atoms. The highest BCUT2D eigenvalue weighted by molar-refractivity contribution is 7.99. The molecule has 1 aromatic carbocycles. The van der Waals surface area contributed by atoms with Gasteiger partial charge in [0.05, 0.1) is 5.56 Å². The van der Waals surface area contributed by atoms with Crippen molar-refractivity contribution < 1.29 is 14.3 Å². The second kappa shape index (κ2) is 4.63.